The zero-order valence-electron chi connectivity index (χ0n) is 17.1. The van der Waals surface area contributed by atoms with Gasteiger partial charge in [-0.15, -0.1) is 0 Å². The summed E-state index contributed by atoms with van der Waals surface area (Å²) in [6.07, 6.45) is 0. The first-order valence-electron chi connectivity index (χ1n) is 9.50. The molecule has 3 aromatic carbocycles. The fraction of sp³-hybridized carbons (Fsp3) is 0.130. The number of phenolic OH excluding ortho intramolecular Hbond substituents is 1. The molecule has 2 N–H and O–H groups in total. The van der Waals surface area contributed by atoms with Crippen molar-refractivity contribution < 1.29 is 19.2 Å². The molecular formula is C23H19N3O5. The lowest BCUT2D eigenvalue weighted by Gasteiger charge is -2.10. The molecule has 0 unspecified atom stereocenters. The molecule has 31 heavy (non-hydrogen) atoms. The van der Waals surface area contributed by atoms with Gasteiger partial charge in [0.25, 0.3) is 11.6 Å². The number of amides is 1. The average molecular weight is 417 g/mol. The summed E-state index contributed by atoms with van der Waals surface area (Å²) in [5.41, 5.74) is 4.63. The van der Waals surface area contributed by atoms with Crippen molar-refractivity contribution in [3.63, 3.8) is 0 Å². The number of hydrogen-bond acceptors (Lipinski definition) is 6. The summed E-state index contributed by atoms with van der Waals surface area (Å²) in [6, 6.07) is 12.4. The molecule has 0 fully saturated rings. The summed E-state index contributed by atoms with van der Waals surface area (Å²) in [4.78, 5) is 27.5. The fourth-order valence-electron chi connectivity index (χ4n) is 3.27. The Hall–Kier alpha value is -4.20. The van der Waals surface area contributed by atoms with Crippen LogP contribution in [0.4, 0.5) is 11.4 Å². The number of rotatable bonds is 4. The number of phenols is 1. The maximum atomic E-state index is 12.6. The predicted molar refractivity (Wildman–Crippen MR) is 116 cm³/mol. The summed E-state index contributed by atoms with van der Waals surface area (Å²) < 4.78 is 5.85. The summed E-state index contributed by atoms with van der Waals surface area (Å²) in [5, 5.41) is 24.2. The van der Waals surface area contributed by atoms with Gasteiger partial charge in [0.2, 0.25) is 5.89 Å². The second kappa shape index (κ2) is 7.56. The van der Waals surface area contributed by atoms with E-state index in [1.54, 1.807) is 19.1 Å². The number of aromatic hydroxyl groups is 1. The molecule has 0 bridgehead atoms. The van der Waals surface area contributed by atoms with E-state index in [1.807, 2.05) is 26.0 Å². The number of nitro groups is 1. The highest BCUT2D eigenvalue weighted by molar-refractivity contribution is 6.05. The summed E-state index contributed by atoms with van der Waals surface area (Å²) in [7, 11) is 0. The van der Waals surface area contributed by atoms with Gasteiger partial charge >= 0.3 is 0 Å². The van der Waals surface area contributed by atoms with E-state index in [0.717, 1.165) is 11.1 Å². The number of carbonyl (C=O) groups excluding carboxylic acids is 1. The molecule has 0 spiro atoms. The average Bonchev–Trinajstić information content (AvgIpc) is 3.13. The number of fused-ring (bicyclic) bond motifs is 1. The third kappa shape index (κ3) is 3.83. The molecule has 1 amide bonds. The molecule has 0 atom stereocenters. The highest BCUT2D eigenvalue weighted by Crippen LogP contribution is 2.36. The SMILES string of the molecule is Cc1cc2nc(-c3cc(NC(=O)c4cccc([N+](=O)[O-])c4)cc(C)c3O)oc2cc1C. The number of nitro benzene ring substituents is 1. The number of aromatic nitrogens is 1. The zero-order chi connectivity index (χ0) is 22.3. The number of nitrogens with zero attached hydrogens (tertiary/aromatic N) is 2. The van der Waals surface area contributed by atoms with E-state index < -0.39 is 10.8 Å². The van der Waals surface area contributed by atoms with E-state index in [2.05, 4.69) is 10.3 Å². The number of anilines is 1. The lowest BCUT2D eigenvalue weighted by molar-refractivity contribution is -0.384. The van der Waals surface area contributed by atoms with Crippen molar-refractivity contribution in [3.05, 3.63) is 80.9 Å². The van der Waals surface area contributed by atoms with Crippen LogP contribution in [0.2, 0.25) is 0 Å². The van der Waals surface area contributed by atoms with Gasteiger partial charge in [-0.3, -0.25) is 14.9 Å². The number of carbonyl (C=O) groups is 1. The van der Waals surface area contributed by atoms with Gasteiger partial charge in [0.05, 0.1) is 10.5 Å². The van der Waals surface area contributed by atoms with E-state index in [1.165, 1.54) is 24.3 Å². The topological polar surface area (TPSA) is 118 Å². The monoisotopic (exact) mass is 417 g/mol. The number of hydrogen-bond donors (Lipinski definition) is 2. The van der Waals surface area contributed by atoms with Gasteiger partial charge in [0.15, 0.2) is 5.58 Å². The third-order valence-electron chi connectivity index (χ3n) is 5.11. The van der Waals surface area contributed by atoms with Gasteiger partial charge in [-0.05, 0) is 67.8 Å². The van der Waals surface area contributed by atoms with Gasteiger partial charge < -0.3 is 14.8 Å². The number of nitrogens with one attached hydrogen (secondary N) is 1. The van der Waals surface area contributed by atoms with Crippen LogP contribution in [0.5, 0.6) is 5.75 Å². The van der Waals surface area contributed by atoms with Crippen molar-refractivity contribution in [3.8, 4) is 17.2 Å². The summed E-state index contributed by atoms with van der Waals surface area (Å²) in [5.74, 6) is -0.288. The van der Waals surface area contributed by atoms with Crippen molar-refractivity contribution in [1.29, 1.82) is 0 Å². The van der Waals surface area contributed by atoms with Crippen LogP contribution in [0.15, 0.2) is 52.9 Å². The van der Waals surface area contributed by atoms with Crippen molar-refractivity contribution in [2.75, 3.05) is 5.32 Å². The number of benzene rings is 3. The predicted octanol–water partition coefficient (Wildman–Crippen LogP) is 5.29. The molecule has 4 rings (SSSR count). The Kier molecular flexibility index (Phi) is 4.90. The second-order valence-corrected chi connectivity index (χ2v) is 7.37. The quantitative estimate of drug-likeness (QED) is 0.265. The first-order chi connectivity index (χ1) is 14.7. The maximum Gasteiger partial charge on any atom is 0.270 e. The van der Waals surface area contributed by atoms with Crippen LogP contribution in [-0.4, -0.2) is 20.9 Å². The Morgan fingerprint density at radius 3 is 2.55 bits per heavy atom. The van der Waals surface area contributed by atoms with Gasteiger partial charge in [-0.1, -0.05) is 6.07 Å². The van der Waals surface area contributed by atoms with Crippen molar-refractivity contribution in [1.82, 2.24) is 4.98 Å². The lowest BCUT2D eigenvalue weighted by Crippen LogP contribution is -2.12. The van der Waals surface area contributed by atoms with E-state index >= 15 is 0 Å². The molecule has 0 aliphatic carbocycles. The highest BCUT2D eigenvalue weighted by atomic mass is 16.6. The number of non-ortho nitro benzene ring substituents is 1. The minimum atomic E-state index is -0.559. The number of aryl methyl sites for hydroxylation is 3. The number of oxazole rings is 1. The van der Waals surface area contributed by atoms with E-state index in [9.17, 15) is 20.0 Å². The molecule has 4 aromatic rings. The molecular weight excluding hydrogens is 398 g/mol. The molecule has 1 heterocycles. The van der Waals surface area contributed by atoms with Crippen LogP contribution in [-0.2, 0) is 0 Å². The fourth-order valence-corrected chi connectivity index (χ4v) is 3.27. The smallest absolute Gasteiger partial charge is 0.270 e. The Morgan fingerprint density at radius 2 is 1.81 bits per heavy atom. The summed E-state index contributed by atoms with van der Waals surface area (Å²) in [6.45, 7) is 5.65. The van der Waals surface area contributed by atoms with Gasteiger partial charge in [0.1, 0.15) is 11.3 Å². The summed E-state index contributed by atoms with van der Waals surface area (Å²) >= 11 is 0. The van der Waals surface area contributed by atoms with Crippen LogP contribution in [0.25, 0.3) is 22.6 Å². The van der Waals surface area contributed by atoms with Gasteiger partial charge in [-0.25, -0.2) is 4.98 Å². The van der Waals surface area contributed by atoms with Gasteiger partial charge in [-0.2, -0.15) is 0 Å². The Labute approximate surface area is 177 Å². The van der Waals surface area contributed by atoms with Crippen LogP contribution in [0, 0.1) is 30.9 Å². The van der Waals surface area contributed by atoms with E-state index in [0.29, 0.717) is 27.9 Å². The van der Waals surface area contributed by atoms with Crippen LogP contribution in [0.3, 0.4) is 0 Å². The second-order valence-electron chi connectivity index (χ2n) is 7.37. The highest BCUT2D eigenvalue weighted by Gasteiger charge is 2.18. The minimum absolute atomic E-state index is 0.00616. The van der Waals surface area contributed by atoms with Crippen LogP contribution < -0.4 is 5.32 Å². The Balaban J connectivity index is 1.71. The Bertz CT molecular complexity index is 1320. The standard InChI is InChI=1S/C23H19N3O5/c1-12-8-19-20(9-13(12)2)31-23(25-19)18-11-16(7-14(3)21(18)27)24-22(28)15-5-4-6-17(10-15)26(29)30/h4-11,27H,1-3H3,(H,24,28). The third-order valence-corrected chi connectivity index (χ3v) is 5.11. The lowest BCUT2D eigenvalue weighted by atomic mass is 10.1. The van der Waals surface area contributed by atoms with Gasteiger partial charge in [0, 0.05) is 23.4 Å². The first-order valence-corrected chi connectivity index (χ1v) is 9.50. The molecule has 0 saturated heterocycles. The molecule has 0 aliphatic heterocycles. The molecule has 156 valence electrons. The molecule has 8 heteroatoms. The Morgan fingerprint density at radius 1 is 1.06 bits per heavy atom. The van der Waals surface area contributed by atoms with Crippen LogP contribution >= 0.6 is 0 Å². The molecule has 8 nitrogen and oxygen atoms in total. The van der Waals surface area contributed by atoms with Crippen molar-refractivity contribution >= 4 is 28.4 Å². The van der Waals surface area contributed by atoms with Crippen molar-refractivity contribution in [2.45, 2.75) is 20.8 Å². The largest absolute Gasteiger partial charge is 0.507 e. The van der Waals surface area contributed by atoms with E-state index in [4.69, 9.17) is 4.42 Å². The molecule has 0 aliphatic rings. The molecule has 1 aromatic heterocycles. The maximum absolute atomic E-state index is 12.6. The normalized spacial score (nSPS) is 10.9. The van der Waals surface area contributed by atoms with E-state index in [-0.39, 0.29) is 22.9 Å². The van der Waals surface area contributed by atoms with Crippen molar-refractivity contribution in [2.24, 2.45) is 0 Å². The minimum Gasteiger partial charge on any atom is -0.507 e. The first kappa shape index (κ1) is 20.1. The zero-order valence-corrected chi connectivity index (χ0v) is 17.1. The molecule has 0 radical (unpaired) electrons. The van der Waals surface area contributed by atoms with Crippen LogP contribution in [0.1, 0.15) is 27.0 Å². The molecule has 0 saturated carbocycles.